The number of hydrogen-bond acceptors (Lipinski definition) is 8. The number of ether oxygens (including phenoxy) is 3. The van der Waals surface area contributed by atoms with E-state index < -0.39 is 23.4 Å². The molecule has 12 nitrogen and oxygen atoms in total. The van der Waals surface area contributed by atoms with E-state index in [0.717, 1.165) is 61.3 Å². The zero-order valence-corrected chi connectivity index (χ0v) is 31.8. The number of methoxy groups -OCH3 is 1. The summed E-state index contributed by atoms with van der Waals surface area (Å²) in [6, 6.07) is 5.30. The quantitative estimate of drug-likeness (QED) is 0.136. The molecule has 0 saturated carbocycles. The van der Waals surface area contributed by atoms with Gasteiger partial charge in [0.15, 0.2) is 11.6 Å². The average molecular weight is 728 g/mol. The Kier molecular flexibility index (Phi) is 14.7. The van der Waals surface area contributed by atoms with Gasteiger partial charge in [0.25, 0.3) is 0 Å². The van der Waals surface area contributed by atoms with Crippen LogP contribution < -0.4 is 15.4 Å². The summed E-state index contributed by atoms with van der Waals surface area (Å²) >= 11 is 0. The molecule has 0 spiro atoms. The van der Waals surface area contributed by atoms with Crippen molar-refractivity contribution in [2.45, 2.75) is 116 Å². The number of anilines is 1. The smallest absolute Gasteiger partial charge is 0.320 e. The van der Waals surface area contributed by atoms with Gasteiger partial charge >= 0.3 is 12.0 Å². The van der Waals surface area contributed by atoms with Crippen LogP contribution in [0.4, 0.5) is 15.0 Å². The minimum Gasteiger partial charge on any atom is -0.494 e. The van der Waals surface area contributed by atoms with E-state index in [1.165, 1.54) is 24.1 Å². The van der Waals surface area contributed by atoms with Crippen LogP contribution in [0.5, 0.6) is 5.75 Å². The Morgan fingerprint density at radius 1 is 1.10 bits per heavy atom. The van der Waals surface area contributed by atoms with Gasteiger partial charge in [-0.05, 0) is 101 Å². The zero-order valence-electron chi connectivity index (χ0n) is 31.8. The van der Waals surface area contributed by atoms with Crippen LogP contribution in [0.3, 0.4) is 0 Å². The van der Waals surface area contributed by atoms with E-state index in [0.29, 0.717) is 57.8 Å². The number of carbonyl (C=O) groups excluding carboxylic acids is 2. The highest BCUT2D eigenvalue weighted by molar-refractivity contribution is 5.78. The lowest BCUT2D eigenvalue weighted by Crippen LogP contribution is -2.36. The lowest BCUT2D eigenvalue weighted by molar-refractivity contribution is -0.138. The molecule has 1 aromatic carbocycles. The number of halogens is 1. The predicted octanol–water partition coefficient (Wildman–Crippen LogP) is 6.26. The molecular formula is C39H58FN5O7. The molecule has 2 aromatic rings. The van der Waals surface area contributed by atoms with E-state index in [2.05, 4.69) is 37.5 Å². The molecular weight excluding hydrogens is 669 g/mol. The second kappa shape index (κ2) is 18.7. The number of fused-ring (bicyclic) bond motifs is 1. The second-order valence-electron chi connectivity index (χ2n) is 14.9. The van der Waals surface area contributed by atoms with E-state index in [9.17, 15) is 23.9 Å². The van der Waals surface area contributed by atoms with Gasteiger partial charge in [0, 0.05) is 44.8 Å². The van der Waals surface area contributed by atoms with Crippen LogP contribution in [-0.2, 0) is 38.4 Å². The molecule has 0 bridgehead atoms. The SMILES string of the molecule is CCCC(C)(C)OCCC(C)(C)OCCC(=O)NCc1cc2c(nc1CCCN1CCN([C@@H](CC(=O)O)c3ccc(OC)c(F)c3)C1=O)NCCC2. The summed E-state index contributed by atoms with van der Waals surface area (Å²) in [4.78, 5) is 46.3. The summed E-state index contributed by atoms with van der Waals surface area (Å²) in [5.41, 5.74) is 2.76. The normalized spacial score (nSPS) is 15.3. The Bertz CT molecular complexity index is 1530. The summed E-state index contributed by atoms with van der Waals surface area (Å²) in [6.07, 6.45) is 5.80. The van der Waals surface area contributed by atoms with Crippen molar-refractivity contribution in [2.75, 3.05) is 51.8 Å². The maximum Gasteiger partial charge on any atom is 0.320 e. The third-order valence-corrected chi connectivity index (χ3v) is 9.81. The number of rotatable bonds is 21. The minimum atomic E-state index is -1.08. The number of aromatic nitrogens is 1. The molecule has 52 heavy (non-hydrogen) atoms. The first-order valence-electron chi connectivity index (χ1n) is 18.6. The van der Waals surface area contributed by atoms with Crippen molar-refractivity contribution < 1.29 is 38.1 Å². The van der Waals surface area contributed by atoms with Gasteiger partial charge in [0.05, 0.1) is 44.0 Å². The van der Waals surface area contributed by atoms with Crippen molar-refractivity contribution >= 4 is 23.7 Å². The van der Waals surface area contributed by atoms with E-state index in [1.807, 2.05) is 13.8 Å². The van der Waals surface area contributed by atoms with Crippen LogP contribution in [0.15, 0.2) is 24.3 Å². The summed E-state index contributed by atoms with van der Waals surface area (Å²) in [7, 11) is 1.36. The molecule has 3 amide bonds. The number of urea groups is 1. The first-order chi connectivity index (χ1) is 24.7. The number of aryl methyl sites for hydroxylation is 2. The molecule has 4 rings (SSSR count). The first kappa shape index (κ1) is 40.8. The fraction of sp³-hybridized carbons (Fsp3) is 0.641. The van der Waals surface area contributed by atoms with Crippen LogP contribution in [0.2, 0.25) is 0 Å². The van der Waals surface area contributed by atoms with Gasteiger partial charge < -0.3 is 39.8 Å². The molecule has 2 aliphatic rings. The second-order valence-corrected chi connectivity index (χ2v) is 14.9. The Labute approximate surface area is 307 Å². The van der Waals surface area contributed by atoms with Gasteiger partial charge in [-0.15, -0.1) is 0 Å². The average Bonchev–Trinajstić information content (AvgIpc) is 3.44. The summed E-state index contributed by atoms with van der Waals surface area (Å²) in [5.74, 6) is -0.884. The van der Waals surface area contributed by atoms with Crippen molar-refractivity contribution in [3.8, 4) is 5.75 Å². The van der Waals surface area contributed by atoms with Gasteiger partial charge in [-0.2, -0.15) is 0 Å². The predicted molar refractivity (Wildman–Crippen MR) is 197 cm³/mol. The van der Waals surface area contributed by atoms with Crippen LogP contribution >= 0.6 is 0 Å². The molecule has 0 radical (unpaired) electrons. The van der Waals surface area contributed by atoms with Crippen LogP contribution in [0.25, 0.3) is 0 Å². The molecule has 1 aromatic heterocycles. The third-order valence-electron chi connectivity index (χ3n) is 9.81. The lowest BCUT2D eigenvalue weighted by atomic mass is 10.0. The van der Waals surface area contributed by atoms with Gasteiger partial charge in [0.2, 0.25) is 5.91 Å². The number of carboxylic acid groups (broad SMARTS) is 1. The molecule has 0 unspecified atom stereocenters. The highest BCUT2D eigenvalue weighted by Crippen LogP contribution is 2.31. The third kappa shape index (κ3) is 11.8. The van der Waals surface area contributed by atoms with Gasteiger partial charge in [0.1, 0.15) is 5.82 Å². The van der Waals surface area contributed by atoms with Crippen molar-refractivity contribution in [1.29, 1.82) is 0 Å². The number of nitrogens with zero attached hydrogens (tertiary/aromatic N) is 3. The number of hydrogen-bond donors (Lipinski definition) is 3. The molecule has 2 aliphatic heterocycles. The topological polar surface area (TPSA) is 143 Å². The Hall–Kier alpha value is -3.97. The highest BCUT2D eigenvalue weighted by Gasteiger charge is 2.36. The summed E-state index contributed by atoms with van der Waals surface area (Å²) < 4.78 is 31.7. The Balaban J connectivity index is 1.31. The Morgan fingerprint density at radius 2 is 1.85 bits per heavy atom. The van der Waals surface area contributed by atoms with Gasteiger partial charge in [-0.3, -0.25) is 9.59 Å². The molecule has 1 saturated heterocycles. The first-order valence-corrected chi connectivity index (χ1v) is 18.6. The van der Waals surface area contributed by atoms with Crippen molar-refractivity contribution in [1.82, 2.24) is 20.1 Å². The number of aliphatic carboxylic acids is 1. The number of carboxylic acids is 1. The van der Waals surface area contributed by atoms with Crippen molar-refractivity contribution in [2.24, 2.45) is 0 Å². The fourth-order valence-corrected chi connectivity index (χ4v) is 6.86. The van der Waals surface area contributed by atoms with Gasteiger partial charge in [-0.1, -0.05) is 19.4 Å². The number of pyridine rings is 1. The van der Waals surface area contributed by atoms with Crippen molar-refractivity contribution in [3.63, 3.8) is 0 Å². The van der Waals surface area contributed by atoms with Gasteiger partial charge in [-0.25, -0.2) is 14.2 Å². The molecule has 288 valence electrons. The minimum absolute atomic E-state index is 0.0502. The summed E-state index contributed by atoms with van der Waals surface area (Å²) in [5, 5.41) is 16.0. The maximum absolute atomic E-state index is 14.5. The highest BCUT2D eigenvalue weighted by atomic mass is 19.1. The monoisotopic (exact) mass is 727 g/mol. The fourth-order valence-electron chi connectivity index (χ4n) is 6.86. The largest absolute Gasteiger partial charge is 0.494 e. The van der Waals surface area contributed by atoms with E-state index >= 15 is 0 Å². The zero-order chi connectivity index (χ0) is 37.9. The molecule has 13 heteroatoms. The van der Waals surface area contributed by atoms with Crippen molar-refractivity contribution in [3.05, 3.63) is 52.5 Å². The Morgan fingerprint density at radius 3 is 2.56 bits per heavy atom. The molecule has 1 fully saturated rings. The molecule has 0 aliphatic carbocycles. The number of benzene rings is 1. The molecule has 3 N–H and O–H groups in total. The molecule has 3 heterocycles. The van der Waals surface area contributed by atoms with Crippen LogP contribution in [-0.4, -0.2) is 95.5 Å². The number of carbonyl (C=O) groups is 3. The molecule has 1 atom stereocenters. The van der Waals surface area contributed by atoms with Crippen LogP contribution in [0, 0.1) is 5.82 Å². The number of nitrogens with one attached hydrogen (secondary N) is 2. The standard InChI is InChI=1S/C39H58FN5O7/c1-7-15-38(2,3)52-22-16-39(4,5)51-21-14-34(46)42-26-29-23-28-10-8-17-41-36(28)43-31(29)11-9-18-44-19-20-45(37(44)49)32(25-35(47)48)27-12-13-33(50-6)30(40)24-27/h12-13,23-24,32H,7-11,14-22,25-26H2,1-6H3,(H,41,43)(H,42,46)(H,47,48)/t32-/m0/s1. The maximum atomic E-state index is 14.5. The lowest BCUT2D eigenvalue weighted by Gasteiger charge is -2.29. The van der Waals surface area contributed by atoms with E-state index in [1.54, 1.807) is 11.0 Å². The van der Waals surface area contributed by atoms with Crippen LogP contribution in [0.1, 0.15) is 108 Å². The van der Waals surface area contributed by atoms with E-state index in [-0.39, 0.29) is 36.1 Å². The van der Waals surface area contributed by atoms with E-state index in [4.69, 9.17) is 19.2 Å². The number of amides is 3. The summed E-state index contributed by atoms with van der Waals surface area (Å²) in [6.45, 7) is 13.7.